The van der Waals surface area contributed by atoms with Crippen molar-refractivity contribution in [2.75, 3.05) is 19.0 Å². The van der Waals surface area contributed by atoms with Crippen LogP contribution in [-0.2, 0) is 19.7 Å². The van der Waals surface area contributed by atoms with Gasteiger partial charge in [0.25, 0.3) is 0 Å². The first-order chi connectivity index (χ1) is 13.5. The lowest BCUT2D eigenvalue weighted by atomic mass is 9.79. The number of H-pyrrole nitrogens is 1. The van der Waals surface area contributed by atoms with Crippen molar-refractivity contribution in [3.8, 4) is 17.1 Å². The number of hydrogen-bond donors (Lipinski definition) is 2. The van der Waals surface area contributed by atoms with E-state index in [0.29, 0.717) is 29.0 Å². The predicted octanol–water partition coefficient (Wildman–Crippen LogP) is 3.40. The minimum atomic E-state index is -1.33. The molecule has 28 heavy (non-hydrogen) atoms. The van der Waals surface area contributed by atoms with Crippen LogP contribution in [0.3, 0.4) is 0 Å². The van der Waals surface area contributed by atoms with E-state index >= 15 is 0 Å². The number of aromatic nitrogens is 2. The van der Waals surface area contributed by atoms with Gasteiger partial charge in [0, 0.05) is 16.8 Å². The molecule has 0 aliphatic carbocycles. The molecule has 144 valence electrons. The van der Waals surface area contributed by atoms with Gasteiger partial charge >= 0.3 is 5.97 Å². The normalized spacial score (nSPS) is 18.0. The Hall–Kier alpha value is -3.35. The summed E-state index contributed by atoms with van der Waals surface area (Å²) in [7, 11) is 1.62. The summed E-state index contributed by atoms with van der Waals surface area (Å²) in [4.78, 5) is 33.3. The molecular weight excluding hydrogens is 358 g/mol. The van der Waals surface area contributed by atoms with Gasteiger partial charge in [-0.3, -0.25) is 9.59 Å². The van der Waals surface area contributed by atoms with Crippen LogP contribution in [0.1, 0.15) is 25.8 Å². The van der Waals surface area contributed by atoms with E-state index in [-0.39, 0.29) is 12.5 Å². The standard InChI is InChI=1S/C21H21N3O4/c1-4-21(20(26)28-5-2)14-10-16-17(11-15(14)24-19(21)25)23-18(22-16)12-6-8-13(27-3)9-7-12/h6-11H,4-5H2,1-3H3,(H,22,23)(H,24,25). The molecule has 1 atom stereocenters. The van der Waals surface area contributed by atoms with Gasteiger partial charge in [-0.1, -0.05) is 6.92 Å². The number of hydrogen-bond acceptors (Lipinski definition) is 5. The number of nitrogens with one attached hydrogen (secondary N) is 2. The minimum Gasteiger partial charge on any atom is -0.497 e. The average molecular weight is 379 g/mol. The summed E-state index contributed by atoms with van der Waals surface area (Å²) < 4.78 is 10.4. The van der Waals surface area contributed by atoms with Crippen molar-refractivity contribution in [3.63, 3.8) is 0 Å². The van der Waals surface area contributed by atoms with Crippen LogP contribution in [-0.4, -0.2) is 35.6 Å². The Bertz CT molecular complexity index is 1070. The van der Waals surface area contributed by atoms with Gasteiger partial charge in [-0.2, -0.15) is 0 Å². The molecule has 1 aliphatic heterocycles. The number of methoxy groups -OCH3 is 1. The fourth-order valence-corrected chi connectivity index (χ4v) is 3.70. The van der Waals surface area contributed by atoms with Gasteiger partial charge in [0.1, 0.15) is 11.6 Å². The number of anilines is 1. The highest BCUT2D eigenvalue weighted by Crippen LogP contribution is 2.43. The van der Waals surface area contributed by atoms with E-state index in [1.54, 1.807) is 20.1 Å². The maximum atomic E-state index is 12.7. The van der Waals surface area contributed by atoms with Crippen molar-refractivity contribution in [1.29, 1.82) is 0 Å². The van der Waals surface area contributed by atoms with Crippen LogP contribution >= 0.6 is 0 Å². The Morgan fingerprint density at radius 3 is 2.57 bits per heavy atom. The molecule has 0 saturated heterocycles. The third-order valence-corrected chi connectivity index (χ3v) is 5.23. The van der Waals surface area contributed by atoms with Gasteiger partial charge in [0.2, 0.25) is 5.91 Å². The van der Waals surface area contributed by atoms with E-state index in [4.69, 9.17) is 9.47 Å². The molecule has 1 unspecified atom stereocenters. The molecule has 0 radical (unpaired) electrons. The summed E-state index contributed by atoms with van der Waals surface area (Å²) in [6.45, 7) is 3.76. The zero-order valence-electron chi connectivity index (χ0n) is 16.0. The molecular formula is C21H21N3O4. The van der Waals surface area contributed by atoms with Crippen LogP contribution in [0, 0.1) is 0 Å². The Kier molecular flexibility index (Phi) is 4.30. The topological polar surface area (TPSA) is 93.3 Å². The van der Waals surface area contributed by atoms with E-state index in [1.807, 2.05) is 37.3 Å². The summed E-state index contributed by atoms with van der Waals surface area (Å²) >= 11 is 0. The number of fused-ring (bicyclic) bond motifs is 2. The Morgan fingerprint density at radius 2 is 1.93 bits per heavy atom. The van der Waals surface area contributed by atoms with Crippen LogP contribution in [0.15, 0.2) is 36.4 Å². The molecule has 1 aliphatic rings. The number of ether oxygens (including phenoxy) is 2. The van der Waals surface area contributed by atoms with Gasteiger partial charge in [0.15, 0.2) is 5.41 Å². The second-order valence-electron chi connectivity index (χ2n) is 6.66. The molecule has 0 saturated carbocycles. The summed E-state index contributed by atoms with van der Waals surface area (Å²) in [6.07, 6.45) is 0.311. The highest BCUT2D eigenvalue weighted by atomic mass is 16.5. The smallest absolute Gasteiger partial charge is 0.326 e. The van der Waals surface area contributed by atoms with Gasteiger partial charge in [-0.15, -0.1) is 0 Å². The van der Waals surface area contributed by atoms with Crippen LogP contribution in [0.25, 0.3) is 22.4 Å². The SMILES string of the molecule is CCOC(=O)C1(CC)C(=O)Nc2cc3[nH]c(-c4ccc(OC)cc4)nc3cc21. The summed E-state index contributed by atoms with van der Waals surface area (Å²) in [5, 5.41) is 2.83. The molecule has 2 aromatic carbocycles. The lowest BCUT2D eigenvalue weighted by Crippen LogP contribution is -2.43. The number of imidazole rings is 1. The van der Waals surface area contributed by atoms with Crippen LogP contribution in [0.5, 0.6) is 5.75 Å². The van der Waals surface area contributed by atoms with E-state index in [9.17, 15) is 9.59 Å². The fourth-order valence-electron chi connectivity index (χ4n) is 3.70. The maximum Gasteiger partial charge on any atom is 0.326 e. The van der Waals surface area contributed by atoms with Crippen molar-refractivity contribution >= 4 is 28.6 Å². The zero-order chi connectivity index (χ0) is 19.9. The van der Waals surface area contributed by atoms with Crippen molar-refractivity contribution in [1.82, 2.24) is 9.97 Å². The second-order valence-corrected chi connectivity index (χ2v) is 6.66. The van der Waals surface area contributed by atoms with E-state index < -0.39 is 11.4 Å². The van der Waals surface area contributed by atoms with Gasteiger partial charge in [-0.25, -0.2) is 4.98 Å². The number of carbonyl (C=O) groups excluding carboxylic acids is 2. The number of amides is 1. The highest BCUT2D eigenvalue weighted by Gasteiger charge is 2.53. The molecule has 7 nitrogen and oxygen atoms in total. The summed E-state index contributed by atoms with van der Waals surface area (Å²) in [5.41, 5.74) is 2.26. The Balaban J connectivity index is 1.81. The summed E-state index contributed by atoms with van der Waals surface area (Å²) in [6, 6.07) is 11.2. The molecule has 0 spiro atoms. The Labute approximate surface area is 162 Å². The van der Waals surface area contributed by atoms with Crippen LogP contribution in [0.4, 0.5) is 5.69 Å². The zero-order valence-corrected chi connectivity index (χ0v) is 16.0. The first-order valence-electron chi connectivity index (χ1n) is 9.20. The predicted molar refractivity (Wildman–Crippen MR) is 105 cm³/mol. The molecule has 2 N–H and O–H groups in total. The molecule has 0 bridgehead atoms. The van der Waals surface area contributed by atoms with Crippen LogP contribution < -0.4 is 10.1 Å². The van der Waals surface area contributed by atoms with Crippen LogP contribution in [0.2, 0.25) is 0 Å². The first kappa shape index (κ1) is 18.0. The quantitative estimate of drug-likeness (QED) is 0.523. The minimum absolute atomic E-state index is 0.218. The lowest BCUT2D eigenvalue weighted by Gasteiger charge is -2.23. The number of carbonyl (C=O) groups is 2. The maximum absolute atomic E-state index is 12.7. The number of aromatic amines is 1. The first-order valence-corrected chi connectivity index (χ1v) is 9.20. The van der Waals surface area contributed by atoms with E-state index in [2.05, 4.69) is 15.3 Å². The number of benzene rings is 2. The second kappa shape index (κ2) is 6.67. The Morgan fingerprint density at radius 1 is 1.18 bits per heavy atom. The van der Waals surface area contributed by atoms with Gasteiger partial charge in [-0.05, 0) is 49.7 Å². The average Bonchev–Trinajstić information content (AvgIpc) is 3.24. The molecule has 7 heteroatoms. The third-order valence-electron chi connectivity index (χ3n) is 5.23. The number of esters is 1. The molecule has 1 amide bonds. The molecule has 0 fully saturated rings. The molecule has 4 rings (SSSR count). The number of nitrogens with zero attached hydrogens (tertiary/aromatic N) is 1. The van der Waals surface area contributed by atoms with Gasteiger partial charge in [0.05, 0.1) is 24.8 Å². The highest BCUT2D eigenvalue weighted by molar-refractivity contribution is 6.20. The monoisotopic (exact) mass is 379 g/mol. The molecule has 3 aromatic rings. The largest absolute Gasteiger partial charge is 0.497 e. The lowest BCUT2D eigenvalue weighted by molar-refractivity contribution is -0.153. The third kappa shape index (κ3) is 2.54. The molecule has 2 heterocycles. The fraction of sp³-hybridized carbons (Fsp3) is 0.286. The number of rotatable bonds is 5. The van der Waals surface area contributed by atoms with Crippen molar-refractivity contribution in [2.45, 2.75) is 25.7 Å². The van der Waals surface area contributed by atoms with Crippen molar-refractivity contribution in [3.05, 3.63) is 42.0 Å². The van der Waals surface area contributed by atoms with Gasteiger partial charge < -0.3 is 19.8 Å². The van der Waals surface area contributed by atoms with E-state index in [1.165, 1.54) is 0 Å². The van der Waals surface area contributed by atoms with Crippen molar-refractivity contribution < 1.29 is 19.1 Å². The van der Waals surface area contributed by atoms with E-state index in [0.717, 1.165) is 16.8 Å². The summed E-state index contributed by atoms with van der Waals surface area (Å²) in [5.74, 6) is 0.583. The van der Waals surface area contributed by atoms with Crippen molar-refractivity contribution in [2.24, 2.45) is 0 Å². The molecule has 1 aromatic heterocycles.